The van der Waals surface area contributed by atoms with Gasteiger partial charge in [0.2, 0.25) is 5.91 Å². The van der Waals surface area contributed by atoms with E-state index in [4.69, 9.17) is 4.74 Å². The molecule has 1 spiro atoms. The standard InChI is InChI=1S/C30H45FN4O2/c1-23-4-2-3-13-34(23)26-7-14-33(22-26)25-5-6-28(27(31)20-25)35-17-12-30(29(35)36)10-15-32(16-11-30)21-24-8-18-37-19-9-24/h5-6,20,23-24,26H,2-4,7-19,21-22H2,1H3/t23-,26?/m0/s1. The quantitative estimate of drug-likeness (QED) is 0.580. The lowest BCUT2D eigenvalue weighted by Crippen LogP contribution is -2.46. The van der Waals surface area contributed by atoms with Gasteiger partial charge in [-0.15, -0.1) is 0 Å². The number of piperidine rings is 2. The normalized spacial score (nSPS) is 30.1. The van der Waals surface area contributed by atoms with Gasteiger partial charge in [0.15, 0.2) is 0 Å². The maximum atomic E-state index is 15.5. The van der Waals surface area contributed by atoms with Crippen LogP contribution in [0, 0.1) is 17.2 Å². The van der Waals surface area contributed by atoms with Gasteiger partial charge in [-0.25, -0.2) is 4.39 Å². The Balaban J connectivity index is 1.06. The predicted octanol–water partition coefficient (Wildman–Crippen LogP) is 4.52. The van der Waals surface area contributed by atoms with Gasteiger partial charge in [0.05, 0.1) is 11.1 Å². The predicted molar refractivity (Wildman–Crippen MR) is 146 cm³/mol. The highest BCUT2D eigenvalue weighted by atomic mass is 19.1. The van der Waals surface area contributed by atoms with Crippen molar-refractivity contribution in [3.05, 3.63) is 24.0 Å². The van der Waals surface area contributed by atoms with Gasteiger partial charge in [-0.1, -0.05) is 6.42 Å². The van der Waals surface area contributed by atoms with E-state index in [-0.39, 0.29) is 17.1 Å². The molecule has 7 heteroatoms. The lowest BCUT2D eigenvalue weighted by Gasteiger charge is -2.39. The number of ether oxygens (including phenoxy) is 1. The average molecular weight is 513 g/mol. The number of halogens is 1. The number of hydrogen-bond donors (Lipinski definition) is 0. The second-order valence-corrected chi connectivity index (χ2v) is 12.5. The summed E-state index contributed by atoms with van der Waals surface area (Å²) < 4.78 is 21.0. The van der Waals surface area contributed by atoms with E-state index in [2.05, 4.69) is 21.6 Å². The summed E-state index contributed by atoms with van der Waals surface area (Å²) in [5.74, 6) is 0.611. The highest BCUT2D eigenvalue weighted by Gasteiger charge is 2.49. The van der Waals surface area contributed by atoms with Crippen molar-refractivity contribution in [3.8, 4) is 0 Å². The van der Waals surface area contributed by atoms with E-state index in [0.29, 0.717) is 24.3 Å². The molecule has 5 fully saturated rings. The first-order valence-electron chi connectivity index (χ1n) is 14.9. The molecule has 1 aromatic carbocycles. The molecule has 0 radical (unpaired) electrons. The Morgan fingerprint density at radius 2 is 1.76 bits per heavy atom. The lowest BCUT2D eigenvalue weighted by molar-refractivity contribution is -0.128. The first kappa shape index (κ1) is 25.6. The summed E-state index contributed by atoms with van der Waals surface area (Å²) in [5.41, 5.74) is 1.12. The molecule has 1 amide bonds. The Bertz CT molecular complexity index is 959. The Labute approximate surface area is 222 Å². The van der Waals surface area contributed by atoms with Crippen LogP contribution in [-0.2, 0) is 9.53 Å². The average Bonchev–Trinajstić information content (AvgIpc) is 3.52. The minimum absolute atomic E-state index is 0.144. The van der Waals surface area contributed by atoms with Gasteiger partial charge >= 0.3 is 0 Å². The minimum Gasteiger partial charge on any atom is -0.381 e. The molecule has 204 valence electrons. The Hall–Kier alpha value is -1.70. The zero-order valence-corrected chi connectivity index (χ0v) is 22.7. The zero-order chi connectivity index (χ0) is 25.4. The fourth-order valence-electron chi connectivity index (χ4n) is 7.79. The topological polar surface area (TPSA) is 39.3 Å². The monoisotopic (exact) mass is 512 g/mol. The fourth-order valence-corrected chi connectivity index (χ4v) is 7.79. The van der Waals surface area contributed by atoms with Crippen molar-refractivity contribution in [3.63, 3.8) is 0 Å². The number of nitrogens with zero attached hydrogens (tertiary/aromatic N) is 4. The van der Waals surface area contributed by atoms with Gasteiger partial charge in [0.25, 0.3) is 0 Å². The molecule has 5 heterocycles. The van der Waals surface area contributed by atoms with Crippen LogP contribution in [0.2, 0.25) is 0 Å². The SMILES string of the molecule is C[C@H]1CCCCN1C1CCN(c2ccc(N3CCC4(CCN(CC5CCOCC5)CC4)C3=O)c(F)c2)C1. The molecule has 0 saturated carbocycles. The second-order valence-electron chi connectivity index (χ2n) is 12.5. The number of anilines is 2. The van der Waals surface area contributed by atoms with Gasteiger partial charge in [0, 0.05) is 57.2 Å². The summed E-state index contributed by atoms with van der Waals surface area (Å²) in [4.78, 5) is 22.9. The largest absolute Gasteiger partial charge is 0.381 e. The summed E-state index contributed by atoms with van der Waals surface area (Å²) in [5, 5.41) is 0. The van der Waals surface area contributed by atoms with E-state index >= 15 is 4.39 Å². The second kappa shape index (κ2) is 10.8. The van der Waals surface area contributed by atoms with Crippen molar-refractivity contribution >= 4 is 17.3 Å². The van der Waals surface area contributed by atoms with Gasteiger partial charge < -0.3 is 19.4 Å². The van der Waals surface area contributed by atoms with E-state index in [1.807, 2.05) is 12.1 Å². The van der Waals surface area contributed by atoms with Gasteiger partial charge in [-0.05, 0) is 102 Å². The number of rotatable bonds is 5. The third-order valence-electron chi connectivity index (χ3n) is 10.3. The van der Waals surface area contributed by atoms with Crippen molar-refractivity contribution in [1.82, 2.24) is 9.80 Å². The molecule has 0 aliphatic carbocycles. The van der Waals surface area contributed by atoms with Gasteiger partial charge in [-0.3, -0.25) is 9.69 Å². The number of hydrogen-bond acceptors (Lipinski definition) is 5. The lowest BCUT2D eigenvalue weighted by atomic mass is 9.77. The first-order valence-corrected chi connectivity index (χ1v) is 14.9. The van der Waals surface area contributed by atoms with Crippen molar-refractivity contribution in [2.45, 2.75) is 76.8 Å². The number of benzene rings is 1. The van der Waals surface area contributed by atoms with E-state index in [0.717, 1.165) is 96.1 Å². The first-order chi connectivity index (χ1) is 18.0. The van der Waals surface area contributed by atoms with Gasteiger partial charge in [-0.2, -0.15) is 0 Å². The van der Waals surface area contributed by atoms with Crippen LogP contribution in [0.4, 0.5) is 15.8 Å². The van der Waals surface area contributed by atoms with Crippen LogP contribution in [0.15, 0.2) is 18.2 Å². The molecular weight excluding hydrogens is 467 g/mol. The number of amides is 1. The summed E-state index contributed by atoms with van der Waals surface area (Å²) >= 11 is 0. The van der Waals surface area contributed by atoms with Crippen molar-refractivity contribution < 1.29 is 13.9 Å². The van der Waals surface area contributed by atoms with E-state index in [9.17, 15) is 4.79 Å². The van der Waals surface area contributed by atoms with E-state index < -0.39 is 0 Å². The number of likely N-dealkylation sites (tertiary alicyclic amines) is 2. The highest BCUT2D eigenvalue weighted by molar-refractivity contribution is 6.00. The molecule has 0 bridgehead atoms. The molecule has 37 heavy (non-hydrogen) atoms. The molecule has 5 aliphatic heterocycles. The molecule has 6 nitrogen and oxygen atoms in total. The smallest absolute Gasteiger partial charge is 0.233 e. The van der Waals surface area contributed by atoms with Crippen molar-refractivity contribution in [1.29, 1.82) is 0 Å². The van der Waals surface area contributed by atoms with Crippen LogP contribution < -0.4 is 9.80 Å². The van der Waals surface area contributed by atoms with Crippen LogP contribution in [0.1, 0.15) is 64.7 Å². The molecule has 0 N–H and O–H groups in total. The summed E-state index contributed by atoms with van der Waals surface area (Å²) in [7, 11) is 0. The minimum atomic E-state index is -0.301. The summed E-state index contributed by atoms with van der Waals surface area (Å²) in [6, 6.07) is 6.79. The Morgan fingerprint density at radius 3 is 2.51 bits per heavy atom. The van der Waals surface area contributed by atoms with Crippen LogP contribution in [0.5, 0.6) is 0 Å². The maximum Gasteiger partial charge on any atom is 0.233 e. The van der Waals surface area contributed by atoms with Crippen LogP contribution in [0.25, 0.3) is 0 Å². The van der Waals surface area contributed by atoms with Gasteiger partial charge in [0.1, 0.15) is 5.82 Å². The number of carbonyl (C=O) groups is 1. The molecule has 2 atom stereocenters. The van der Waals surface area contributed by atoms with Crippen LogP contribution in [0.3, 0.4) is 0 Å². The third kappa shape index (κ3) is 5.16. The van der Waals surface area contributed by atoms with Crippen molar-refractivity contribution in [2.75, 3.05) is 68.8 Å². The summed E-state index contributed by atoms with van der Waals surface area (Å²) in [6.07, 6.45) is 10.0. The molecule has 6 rings (SSSR count). The Kier molecular flexibility index (Phi) is 7.48. The summed E-state index contributed by atoms with van der Waals surface area (Å²) in [6.45, 7) is 11.0. The maximum absolute atomic E-state index is 15.5. The fraction of sp³-hybridized carbons (Fsp3) is 0.767. The highest BCUT2D eigenvalue weighted by Crippen LogP contribution is 2.44. The third-order valence-corrected chi connectivity index (χ3v) is 10.3. The van der Waals surface area contributed by atoms with E-state index in [1.54, 1.807) is 11.0 Å². The molecular formula is C30H45FN4O2. The van der Waals surface area contributed by atoms with E-state index in [1.165, 1.54) is 25.8 Å². The molecule has 0 aromatic heterocycles. The number of carbonyl (C=O) groups excluding carboxylic acids is 1. The molecule has 5 saturated heterocycles. The molecule has 1 unspecified atom stereocenters. The van der Waals surface area contributed by atoms with Crippen LogP contribution >= 0.6 is 0 Å². The molecule has 1 aromatic rings. The Morgan fingerprint density at radius 1 is 0.973 bits per heavy atom. The van der Waals surface area contributed by atoms with Crippen molar-refractivity contribution in [2.24, 2.45) is 11.3 Å². The van der Waals surface area contributed by atoms with Crippen LogP contribution in [-0.4, -0.2) is 86.8 Å². The molecule has 5 aliphatic rings. The zero-order valence-electron chi connectivity index (χ0n) is 22.7.